The van der Waals surface area contributed by atoms with Crippen LogP contribution in [0.2, 0.25) is 0 Å². The van der Waals surface area contributed by atoms with Crippen molar-refractivity contribution in [1.29, 1.82) is 0 Å². The summed E-state index contributed by atoms with van der Waals surface area (Å²) in [4.78, 5) is 14.6. The average Bonchev–Trinajstić information content (AvgIpc) is 2.62. The molecule has 9 heteroatoms. The minimum Gasteiger partial charge on any atom is -0.369 e. The quantitative estimate of drug-likeness (QED) is 0.803. The van der Waals surface area contributed by atoms with Crippen molar-refractivity contribution in [2.45, 2.75) is 11.0 Å². The molecule has 2 aromatic heterocycles. The minimum absolute atomic E-state index is 0.178. The molecule has 24 heavy (non-hydrogen) atoms. The Kier molecular flexibility index (Phi) is 4.74. The summed E-state index contributed by atoms with van der Waals surface area (Å²) in [6.07, 6.45) is 5.63. The van der Waals surface area contributed by atoms with Crippen molar-refractivity contribution in [1.82, 2.24) is 19.3 Å². The first-order valence-corrected chi connectivity index (χ1v) is 8.94. The molecule has 0 N–H and O–H groups in total. The predicted octanol–water partition coefficient (Wildman–Crippen LogP) is 0.700. The molecular weight excluding hydrogens is 330 g/mol. The highest BCUT2D eigenvalue weighted by Crippen LogP contribution is 2.29. The predicted molar refractivity (Wildman–Crippen MR) is 88.0 cm³/mol. The Hall–Kier alpha value is -2.10. The van der Waals surface area contributed by atoms with Crippen molar-refractivity contribution in [2.75, 3.05) is 38.7 Å². The van der Waals surface area contributed by atoms with E-state index in [0.29, 0.717) is 24.7 Å². The van der Waals surface area contributed by atoms with Gasteiger partial charge >= 0.3 is 0 Å². The van der Waals surface area contributed by atoms with Crippen molar-refractivity contribution in [3.8, 4) is 0 Å². The third kappa shape index (κ3) is 3.23. The zero-order chi connectivity index (χ0) is 17.2. The largest absolute Gasteiger partial charge is 0.369 e. The van der Waals surface area contributed by atoms with Gasteiger partial charge in [0, 0.05) is 52.0 Å². The number of anilines is 1. The summed E-state index contributed by atoms with van der Waals surface area (Å²) in [5.74, 6) is 0.670. The van der Waals surface area contributed by atoms with Gasteiger partial charge in [-0.15, -0.1) is 0 Å². The number of pyridine rings is 1. The van der Waals surface area contributed by atoms with Gasteiger partial charge in [0.2, 0.25) is 10.0 Å². The van der Waals surface area contributed by atoms with E-state index in [1.165, 1.54) is 10.5 Å². The highest BCUT2D eigenvalue weighted by Gasteiger charge is 2.33. The zero-order valence-corrected chi connectivity index (χ0v) is 14.3. The minimum atomic E-state index is -3.61. The maximum Gasteiger partial charge on any atom is 0.244 e. The summed E-state index contributed by atoms with van der Waals surface area (Å²) in [5, 5.41) is 0. The Morgan fingerprint density at radius 1 is 1.25 bits per heavy atom. The van der Waals surface area contributed by atoms with Crippen LogP contribution in [0.25, 0.3) is 0 Å². The third-order valence-electron chi connectivity index (χ3n) is 3.74. The highest BCUT2D eigenvalue weighted by atomic mass is 32.2. The molecule has 1 saturated heterocycles. The van der Waals surface area contributed by atoms with Gasteiger partial charge in [0.1, 0.15) is 16.7 Å². The van der Waals surface area contributed by atoms with E-state index in [1.807, 2.05) is 19.0 Å². The van der Waals surface area contributed by atoms with Gasteiger partial charge in [-0.1, -0.05) is 0 Å². The fourth-order valence-corrected chi connectivity index (χ4v) is 3.96. The number of ether oxygens (including phenoxy) is 1. The maximum absolute atomic E-state index is 12.8. The summed E-state index contributed by atoms with van der Waals surface area (Å²) < 4.78 is 32.7. The van der Waals surface area contributed by atoms with Crippen molar-refractivity contribution >= 4 is 15.8 Å². The standard InChI is InChI=1S/C15H19N5O3S/c1-19(2)15-14(17-6-7-18-15)13-11-20(8-9-23-13)24(21,22)12-4-3-5-16-10-12/h3-7,10,13H,8-9,11H2,1-2H3/t13-/m1/s1. The highest BCUT2D eigenvalue weighted by molar-refractivity contribution is 7.89. The van der Waals surface area contributed by atoms with Crippen molar-refractivity contribution < 1.29 is 13.2 Å². The van der Waals surface area contributed by atoms with Crippen LogP contribution in [0, 0.1) is 0 Å². The third-order valence-corrected chi connectivity index (χ3v) is 5.58. The van der Waals surface area contributed by atoms with E-state index >= 15 is 0 Å². The molecular formula is C15H19N5O3S. The average molecular weight is 349 g/mol. The van der Waals surface area contributed by atoms with Gasteiger partial charge in [-0.05, 0) is 12.1 Å². The number of nitrogens with zero attached hydrogens (tertiary/aromatic N) is 5. The van der Waals surface area contributed by atoms with Crippen LogP contribution in [0.15, 0.2) is 41.8 Å². The van der Waals surface area contributed by atoms with Crippen LogP contribution < -0.4 is 4.90 Å². The molecule has 0 saturated carbocycles. The molecule has 0 aliphatic carbocycles. The molecule has 1 atom stereocenters. The second-order valence-corrected chi connectivity index (χ2v) is 7.51. The van der Waals surface area contributed by atoms with Crippen LogP contribution in [0.5, 0.6) is 0 Å². The topological polar surface area (TPSA) is 88.5 Å². The summed E-state index contributed by atoms with van der Waals surface area (Å²) in [7, 11) is 0.116. The number of hydrogen-bond donors (Lipinski definition) is 0. The van der Waals surface area contributed by atoms with Gasteiger partial charge in [-0.25, -0.2) is 13.4 Å². The first-order valence-electron chi connectivity index (χ1n) is 7.50. The molecule has 1 aliphatic heterocycles. The fraction of sp³-hybridized carbons (Fsp3) is 0.400. The zero-order valence-electron chi connectivity index (χ0n) is 13.5. The monoisotopic (exact) mass is 349 g/mol. The van der Waals surface area contributed by atoms with Crippen molar-refractivity contribution in [3.63, 3.8) is 0 Å². The maximum atomic E-state index is 12.8. The molecule has 0 amide bonds. The first kappa shape index (κ1) is 16.7. The van der Waals surface area contributed by atoms with E-state index in [9.17, 15) is 8.42 Å². The number of sulfonamides is 1. The number of morpholine rings is 1. The Labute approximate surface area is 141 Å². The molecule has 0 bridgehead atoms. The Balaban J connectivity index is 1.88. The molecule has 8 nitrogen and oxygen atoms in total. The van der Waals surface area contributed by atoms with Crippen molar-refractivity contribution in [3.05, 3.63) is 42.6 Å². The summed E-state index contributed by atoms with van der Waals surface area (Å²) >= 11 is 0. The van der Waals surface area contributed by atoms with E-state index in [-0.39, 0.29) is 11.4 Å². The summed E-state index contributed by atoms with van der Waals surface area (Å²) in [6, 6.07) is 3.15. The Morgan fingerprint density at radius 2 is 2.04 bits per heavy atom. The smallest absolute Gasteiger partial charge is 0.244 e. The summed E-state index contributed by atoms with van der Waals surface area (Å²) in [5.41, 5.74) is 0.633. The van der Waals surface area contributed by atoms with E-state index in [2.05, 4.69) is 15.0 Å². The molecule has 0 radical (unpaired) electrons. The Morgan fingerprint density at radius 3 is 2.75 bits per heavy atom. The van der Waals surface area contributed by atoms with E-state index in [0.717, 1.165) is 0 Å². The van der Waals surface area contributed by atoms with E-state index < -0.39 is 16.1 Å². The molecule has 2 aromatic rings. The molecule has 0 unspecified atom stereocenters. The second-order valence-electron chi connectivity index (χ2n) is 5.57. The molecule has 1 fully saturated rings. The van der Waals surface area contributed by atoms with Crippen LogP contribution in [0.4, 0.5) is 5.82 Å². The molecule has 3 rings (SSSR count). The second kappa shape index (κ2) is 6.80. The normalized spacial score (nSPS) is 19.2. The lowest BCUT2D eigenvalue weighted by Gasteiger charge is -2.32. The molecule has 128 valence electrons. The summed E-state index contributed by atoms with van der Waals surface area (Å²) in [6.45, 7) is 0.787. The van der Waals surface area contributed by atoms with Crippen LogP contribution >= 0.6 is 0 Å². The van der Waals surface area contributed by atoms with Crippen LogP contribution in [-0.2, 0) is 14.8 Å². The SMILES string of the molecule is CN(C)c1nccnc1[C@H]1CN(S(=O)(=O)c2cccnc2)CCO1. The van der Waals surface area contributed by atoms with Crippen molar-refractivity contribution in [2.24, 2.45) is 0 Å². The molecule has 1 aliphatic rings. The lowest BCUT2D eigenvalue weighted by atomic mass is 10.2. The lowest BCUT2D eigenvalue weighted by molar-refractivity contribution is -0.00481. The van der Waals surface area contributed by atoms with Gasteiger partial charge in [-0.3, -0.25) is 9.97 Å². The van der Waals surface area contributed by atoms with Gasteiger partial charge in [0.25, 0.3) is 0 Å². The molecule has 3 heterocycles. The van der Waals surface area contributed by atoms with Gasteiger partial charge < -0.3 is 9.64 Å². The number of aromatic nitrogens is 3. The van der Waals surface area contributed by atoms with Crippen LogP contribution in [0.3, 0.4) is 0 Å². The first-order chi connectivity index (χ1) is 11.5. The van der Waals surface area contributed by atoms with Gasteiger partial charge in [0.05, 0.1) is 6.61 Å². The Bertz CT molecular complexity index is 798. The molecule has 0 spiro atoms. The number of rotatable bonds is 4. The fourth-order valence-electron chi connectivity index (χ4n) is 2.57. The lowest BCUT2D eigenvalue weighted by Crippen LogP contribution is -2.42. The van der Waals surface area contributed by atoms with E-state index in [1.54, 1.807) is 30.7 Å². The van der Waals surface area contributed by atoms with Crippen LogP contribution in [0.1, 0.15) is 11.8 Å². The van der Waals surface area contributed by atoms with Gasteiger partial charge in [0.15, 0.2) is 5.82 Å². The number of hydrogen-bond acceptors (Lipinski definition) is 7. The van der Waals surface area contributed by atoms with Crippen LogP contribution in [-0.4, -0.2) is 61.5 Å². The molecule has 0 aromatic carbocycles. The van der Waals surface area contributed by atoms with Gasteiger partial charge in [-0.2, -0.15) is 4.31 Å². The van der Waals surface area contributed by atoms with E-state index in [4.69, 9.17) is 4.74 Å².